The molecule has 0 atom stereocenters. The lowest BCUT2D eigenvalue weighted by atomic mass is 9.89. The van der Waals surface area contributed by atoms with Crippen LogP contribution in [0.4, 0.5) is 4.79 Å². The Kier molecular flexibility index (Phi) is 6.59. The van der Waals surface area contributed by atoms with Crippen molar-refractivity contribution in [2.75, 3.05) is 13.1 Å². The maximum Gasteiger partial charge on any atom is 0.416 e. The first kappa shape index (κ1) is 21.3. The second-order valence-electron chi connectivity index (χ2n) is 6.59. The molecule has 152 valence electrons. The SMILES string of the molecule is CCN(CC)C(=O)Oc1nn(-c2ccncc2)c2c1-c1ccc(Br)cc1CC2.Cl. The van der Waals surface area contributed by atoms with Crippen molar-refractivity contribution >= 4 is 34.4 Å². The molecule has 0 unspecified atom stereocenters. The number of nitrogens with zero attached hydrogens (tertiary/aromatic N) is 4. The normalized spacial score (nSPS) is 11.8. The summed E-state index contributed by atoms with van der Waals surface area (Å²) in [5.41, 5.74) is 5.12. The highest BCUT2D eigenvalue weighted by atomic mass is 79.9. The molecule has 8 heteroatoms. The fourth-order valence-electron chi connectivity index (χ4n) is 3.60. The summed E-state index contributed by atoms with van der Waals surface area (Å²) < 4.78 is 8.68. The summed E-state index contributed by atoms with van der Waals surface area (Å²) in [6.07, 6.45) is 4.81. The van der Waals surface area contributed by atoms with Gasteiger partial charge in [0.15, 0.2) is 0 Å². The summed E-state index contributed by atoms with van der Waals surface area (Å²) in [4.78, 5) is 18.3. The Morgan fingerprint density at radius 3 is 2.59 bits per heavy atom. The number of carbonyl (C=O) groups is 1. The van der Waals surface area contributed by atoms with Gasteiger partial charge in [-0.3, -0.25) is 4.98 Å². The minimum atomic E-state index is -0.378. The van der Waals surface area contributed by atoms with E-state index in [1.165, 1.54) is 5.56 Å². The van der Waals surface area contributed by atoms with Gasteiger partial charge in [0, 0.05) is 30.0 Å². The molecule has 3 aromatic rings. The molecule has 1 aromatic carbocycles. The molecule has 0 saturated heterocycles. The van der Waals surface area contributed by atoms with Crippen molar-refractivity contribution in [3.63, 3.8) is 0 Å². The number of aromatic nitrogens is 3. The second-order valence-corrected chi connectivity index (χ2v) is 7.50. The lowest BCUT2D eigenvalue weighted by molar-refractivity contribution is 0.155. The van der Waals surface area contributed by atoms with Crippen molar-refractivity contribution in [2.45, 2.75) is 26.7 Å². The summed E-state index contributed by atoms with van der Waals surface area (Å²) in [5.74, 6) is 0.354. The van der Waals surface area contributed by atoms with Crippen molar-refractivity contribution in [3.05, 3.63) is 58.5 Å². The number of halogens is 2. The summed E-state index contributed by atoms with van der Waals surface area (Å²) in [7, 11) is 0. The van der Waals surface area contributed by atoms with Gasteiger partial charge >= 0.3 is 6.09 Å². The number of hydrogen-bond acceptors (Lipinski definition) is 4. The number of pyridine rings is 1. The first-order valence-electron chi connectivity index (χ1n) is 9.40. The third-order valence-electron chi connectivity index (χ3n) is 5.03. The number of amides is 1. The Labute approximate surface area is 184 Å². The van der Waals surface area contributed by atoms with Crippen LogP contribution in [0.3, 0.4) is 0 Å². The molecule has 0 N–H and O–H groups in total. The van der Waals surface area contributed by atoms with Crippen molar-refractivity contribution < 1.29 is 9.53 Å². The molecule has 4 rings (SSSR count). The van der Waals surface area contributed by atoms with Gasteiger partial charge in [-0.1, -0.05) is 22.0 Å². The second kappa shape index (κ2) is 8.97. The molecule has 29 heavy (non-hydrogen) atoms. The van der Waals surface area contributed by atoms with E-state index in [4.69, 9.17) is 4.74 Å². The van der Waals surface area contributed by atoms with Gasteiger partial charge in [0.1, 0.15) is 0 Å². The number of aryl methyl sites for hydroxylation is 1. The lowest BCUT2D eigenvalue weighted by Gasteiger charge is -2.20. The molecule has 0 spiro atoms. The quantitative estimate of drug-likeness (QED) is 0.527. The van der Waals surface area contributed by atoms with Crippen molar-refractivity contribution in [3.8, 4) is 22.7 Å². The molecule has 0 saturated carbocycles. The Hall–Kier alpha value is -2.38. The molecule has 1 aliphatic carbocycles. The van der Waals surface area contributed by atoms with Crippen LogP contribution in [0.5, 0.6) is 5.88 Å². The fourth-order valence-corrected chi connectivity index (χ4v) is 4.01. The molecule has 6 nitrogen and oxygen atoms in total. The monoisotopic (exact) mass is 476 g/mol. The number of carbonyl (C=O) groups excluding carboxylic acids is 1. The van der Waals surface area contributed by atoms with Crippen LogP contribution in [0.2, 0.25) is 0 Å². The van der Waals surface area contributed by atoms with Crippen LogP contribution in [-0.4, -0.2) is 38.8 Å². The molecular formula is C21H22BrClN4O2. The third kappa shape index (κ3) is 4.02. The minimum Gasteiger partial charge on any atom is -0.389 e. The molecule has 0 aliphatic heterocycles. The van der Waals surface area contributed by atoms with Crippen LogP contribution in [0, 0.1) is 0 Å². The van der Waals surface area contributed by atoms with Gasteiger partial charge in [-0.25, -0.2) is 9.48 Å². The Balaban J connectivity index is 0.00000240. The van der Waals surface area contributed by atoms with Gasteiger partial charge in [-0.05, 0) is 62.1 Å². The predicted octanol–water partition coefficient (Wildman–Crippen LogP) is 5.06. The summed E-state index contributed by atoms with van der Waals surface area (Å²) in [5, 5.41) is 4.68. The first-order valence-corrected chi connectivity index (χ1v) is 10.2. The molecule has 2 aromatic heterocycles. The van der Waals surface area contributed by atoms with Crippen LogP contribution in [-0.2, 0) is 12.8 Å². The maximum absolute atomic E-state index is 12.6. The highest BCUT2D eigenvalue weighted by molar-refractivity contribution is 9.10. The van der Waals surface area contributed by atoms with E-state index in [0.717, 1.165) is 39.8 Å². The largest absolute Gasteiger partial charge is 0.416 e. The van der Waals surface area contributed by atoms with Gasteiger partial charge in [0.2, 0.25) is 0 Å². The number of hydrogen-bond donors (Lipinski definition) is 0. The zero-order chi connectivity index (χ0) is 19.7. The molecule has 0 bridgehead atoms. The minimum absolute atomic E-state index is 0. The number of fused-ring (bicyclic) bond motifs is 3. The predicted molar refractivity (Wildman–Crippen MR) is 118 cm³/mol. The number of ether oxygens (including phenoxy) is 1. The smallest absolute Gasteiger partial charge is 0.389 e. The molecular weight excluding hydrogens is 456 g/mol. The van der Waals surface area contributed by atoms with Crippen LogP contribution in [0.15, 0.2) is 47.2 Å². The standard InChI is InChI=1S/C21H21BrN4O2.ClH/c1-3-25(4-2)21(27)28-20-19-17-7-6-15(22)13-14(17)5-8-18(19)26(24-20)16-9-11-23-12-10-16;/h6-7,9-13H,3-5,8H2,1-2H3;1H. The Bertz CT molecular complexity index is 1020. The van der Waals surface area contributed by atoms with Crippen molar-refractivity contribution in [1.29, 1.82) is 0 Å². The molecule has 0 fully saturated rings. The summed E-state index contributed by atoms with van der Waals surface area (Å²) in [6, 6.07) is 10.00. The molecule has 0 radical (unpaired) electrons. The van der Waals surface area contributed by atoms with E-state index in [9.17, 15) is 4.79 Å². The van der Waals surface area contributed by atoms with E-state index in [0.29, 0.717) is 19.0 Å². The molecule has 1 aliphatic rings. The highest BCUT2D eigenvalue weighted by Gasteiger charge is 2.29. The fraction of sp³-hybridized carbons (Fsp3) is 0.286. The van der Waals surface area contributed by atoms with Crippen LogP contribution in [0.25, 0.3) is 16.8 Å². The van der Waals surface area contributed by atoms with Crippen LogP contribution in [0.1, 0.15) is 25.1 Å². The maximum atomic E-state index is 12.6. The lowest BCUT2D eigenvalue weighted by Crippen LogP contribution is -2.33. The summed E-state index contributed by atoms with van der Waals surface area (Å²) >= 11 is 3.55. The molecule has 2 heterocycles. The van der Waals surface area contributed by atoms with Gasteiger partial charge in [0.25, 0.3) is 5.88 Å². The van der Waals surface area contributed by atoms with Crippen molar-refractivity contribution in [2.24, 2.45) is 0 Å². The van der Waals surface area contributed by atoms with E-state index >= 15 is 0 Å². The first-order chi connectivity index (χ1) is 13.6. The Morgan fingerprint density at radius 1 is 1.17 bits per heavy atom. The van der Waals surface area contributed by atoms with Gasteiger partial charge < -0.3 is 9.64 Å². The third-order valence-corrected chi connectivity index (χ3v) is 5.52. The highest BCUT2D eigenvalue weighted by Crippen LogP contribution is 2.41. The van der Waals surface area contributed by atoms with E-state index < -0.39 is 0 Å². The average Bonchev–Trinajstić information content (AvgIpc) is 3.08. The topological polar surface area (TPSA) is 60.3 Å². The van der Waals surface area contributed by atoms with Gasteiger partial charge in [-0.2, -0.15) is 0 Å². The summed E-state index contributed by atoms with van der Waals surface area (Å²) in [6.45, 7) is 5.05. The van der Waals surface area contributed by atoms with Gasteiger partial charge in [-0.15, -0.1) is 17.5 Å². The molecule has 1 amide bonds. The van der Waals surface area contributed by atoms with Crippen LogP contribution < -0.4 is 4.74 Å². The number of benzene rings is 1. The Morgan fingerprint density at radius 2 is 1.90 bits per heavy atom. The zero-order valence-corrected chi connectivity index (χ0v) is 18.7. The van der Waals surface area contributed by atoms with E-state index in [1.54, 1.807) is 17.3 Å². The van der Waals surface area contributed by atoms with E-state index in [2.05, 4.69) is 38.1 Å². The zero-order valence-electron chi connectivity index (χ0n) is 16.3. The van der Waals surface area contributed by atoms with Crippen LogP contribution >= 0.6 is 28.3 Å². The van der Waals surface area contributed by atoms with E-state index in [1.807, 2.05) is 36.7 Å². The van der Waals surface area contributed by atoms with Gasteiger partial charge in [0.05, 0.1) is 16.9 Å². The number of rotatable bonds is 4. The van der Waals surface area contributed by atoms with Crippen molar-refractivity contribution in [1.82, 2.24) is 19.7 Å². The average molecular weight is 478 g/mol. The van der Waals surface area contributed by atoms with E-state index in [-0.39, 0.29) is 18.5 Å².